The van der Waals surface area contributed by atoms with Crippen molar-refractivity contribution in [2.45, 2.75) is 18.7 Å². The number of thioether (sulfide) groups is 1. The van der Waals surface area contributed by atoms with E-state index >= 15 is 0 Å². The summed E-state index contributed by atoms with van der Waals surface area (Å²) in [5.74, 6) is 1.54. The van der Waals surface area contributed by atoms with Crippen LogP contribution in [0.2, 0.25) is 0 Å². The first-order chi connectivity index (χ1) is 7.17. The predicted molar refractivity (Wildman–Crippen MR) is 59.9 cm³/mol. The SMILES string of the molecule is CSCc1ccc(C(=O)N[C@H](C)CO)o1. The van der Waals surface area contributed by atoms with Crippen molar-refractivity contribution >= 4 is 17.7 Å². The summed E-state index contributed by atoms with van der Waals surface area (Å²) >= 11 is 1.63. The Morgan fingerprint density at radius 1 is 1.67 bits per heavy atom. The van der Waals surface area contributed by atoms with Crippen molar-refractivity contribution < 1.29 is 14.3 Å². The molecule has 84 valence electrons. The highest BCUT2D eigenvalue weighted by molar-refractivity contribution is 7.97. The molecule has 0 aliphatic heterocycles. The second-order valence-corrected chi connectivity index (χ2v) is 4.12. The molecule has 2 N–H and O–H groups in total. The number of carbonyl (C=O) groups is 1. The lowest BCUT2D eigenvalue weighted by Crippen LogP contribution is -2.34. The molecule has 0 spiro atoms. The van der Waals surface area contributed by atoms with Gasteiger partial charge >= 0.3 is 0 Å². The van der Waals surface area contributed by atoms with Crippen molar-refractivity contribution in [3.05, 3.63) is 23.7 Å². The molecule has 0 fully saturated rings. The lowest BCUT2D eigenvalue weighted by molar-refractivity contribution is 0.0893. The third kappa shape index (κ3) is 3.60. The number of rotatable bonds is 5. The molecule has 5 heteroatoms. The number of aliphatic hydroxyl groups excluding tert-OH is 1. The van der Waals surface area contributed by atoms with E-state index in [0.717, 1.165) is 11.5 Å². The van der Waals surface area contributed by atoms with Gasteiger partial charge in [0.15, 0.2) is 5.76 Å². The molecule has 1 heterocycles. The van der Waals surface area contributed by atoms with E-state index in [0.29, 0.717) is 5.76 Å². The van der Waals surface area contributed by atoms with Crippen molar-refractivity contribution in [2.75, 3.05) is 12.9 Å². The summed E-state index contributed by atoms with van der Waals surface area (Å²) < 4.78 is 5.32. The zero-order valence-corrected chi connectivity index (χ0v) is 9.63. The summed E-state index contributed by atoms with van der Waals surface area (Å²) in [4.78, 5) is 11.5. The van der Waals surface area contributed by atoms with Gasteiger partial charge in [0.05, 0.1) is 12.4 Å². The van der Waals surface area contributed by atoms with E-state index in [1.807, 2.05) is 6.26 Å². The third-order valence-electron chi connectivity index (χ3n) is 1.82. The predicted octanol–water partition coefficient (Wildman–Crippen LogP) is 1.25. The highest BCUT2D eigenvalue weighted by Gasteiger charge is 2.12. The average Bonchev–Trinajstić information content (AvgIpc) is 2.67. The van der Waals surface area contributed by atoms with Crippen molar-refractivity contribution in [1.82, 2.24) is 5.32 Å². The van der Waals surface area contributed by atoms with Crippen LogP contribution < -0.4 is 5.32 Å². The summed E-state index contributed by atoms with van der Waals surface area (Å²) in [6, 6.07) is 3.17. The fourth-order valence-electron chi connectivity index (χ4n) is 1.06. The molecule has 0 aromatic carbocycles. The Hall–Kier alpha value is -0.940. The Morgan fingerprint density at radius 2 is 2.40 bits per heavy atom. The van der Waals surface area contributed by atoms with Crippen LogP contribution in [0.5, 0.6) is 0 Å². The fraction of sp³-hybridized carbons (Fsp3) is 0.500. The van der Waals surface area contributed by atoms with Gasteiger partial charge in [0.2, 0.25) is 0 Å². The van der Waals surface area contributed by atoms with E-state index in [9.17, 15) is 4.79 Å². The Labute approximate surface area is 93.0 Å². The molecule has 15 heavy (non-hydrogen) atoms. The maximum absolute atomic E-state index is 11.5. The average molecular weight is 229 g/mol. The minimum absolute atomic E-state index is 0.0792. The Morgan fingerprint density at radius 3 is 3.00 bits per heavy atom. The number of amides is 1. The molecule has 0 saturated heterocycles. The van der Waals surface area contributed by atoms with Crippen LogP contribution in [-0.2, 0) is 5.75 Å². The van der Waals surface area contributed by atoms with Gasteiger partial charge in [0, 0.05) is 6.04 Å². The lowest BCUT2D eigenvalue weighted by Gasteiger charge is -2.08. The molecule has 0 bridgehead atoms. The molecular weight excluding hydrogens is 214 g/mol. The Bertz CT molecular complexity index is 324. The van der Waals surface area contributed by atoms with Crippen LogP contribution in [-0.4, -0.2) is 29.9 Å². The van der Waals surface area contributed by atoms with Crippen LogP contribution >= 0.6 is 11.8 Å². The van der Waals surface area contributed by atoms with Crippen LogP contribution in [0.25, 0.3) is 0 Å². The number of carbonyl (C=O) groups excluding carboxylic acids is 1. The first-order valence-corrected chi connectivity index (χ1v) is 6.06. The number of aliphatic hydroxyl groups is 1. The highest BCUT2D eigenvalue weighted by atomic mass is 32.2. The Balaban J connectivity index is 2.58. The zero-order valence-electron chi connectivity index (χ0n) is 8.82. The molecule has 0 aliphatic carbocycles. The minimum Gasteiger partial charge on any atom is -0.455 e. The quantitative estimate of drug-likeness (QED) is 0.797. The number of nitrogens with one attached hydrogen (secondary N) is 1. The van der Waals surface area contributed by atoms with Gasteiger partial charge in [-0.05, 0) is 25.3 Å². The summed E-state index contributed by atoms with van der Waals surface area (Å²) in [5, 5.41) is 11.4. The van der Waals surface area contributed by atoms with Crippen molar-refractivity contribution in [2.24, 2.45) is 0 Å². The van der Waals surface area contributed by atoms with Gasteiger partial charge in [0.25, 0.3) is 5.91 Å². The van der Waals surface area contributed by atoms with Crippen molar-refractivity contribution in [3.63, 3.8) is 0 Å². The molecule has 1 amide bonds. The van der Waals surface area contributed by atoms with Gasteiger partial charge in [-0.3, -0.25) is 4.79 Å². The van der Waals surface area contributed by atoms with Crippen LogP contribution in [0.15, 0.2) is 16.5 Å². The van der Waals surface area contributed by atoms with E-state index in [4.69, 9.17) is 9.52 Å². The summed E-state index contributed by atoms with van der Waals surface area (Å²) in [7, 11) is 0. The van der Waals surface area contributed by atoms with E-state index in [2.05, 4.69) is 5.32 Å². The van der Waals surface area contributed by atoms with Gasteiger partial charge < -0.3 is 14.8 Å². The third-order valence-corrected chi connectivity index (χ3v) is 2.40. The lowest BCUT2D eigenvalue weighted by atomic mass is 10.3. The van der Waals surface area contributed by atoms with Gasteiger partial charge in [0.1, 0.15) is 5.76 Å². The molecular formula is C10H15NO3S. The molecule has 0 unspecified atom stereocenters. The van der Waals surface area contributed by atoms with Crippen LogP contribution in [0.3, 0.4) is 0 Å². The molecule has 1 atom stereocenters. The summed E-state index contributed by atoms with van der Waals surface area (Å²) in [6.07, 6.45) is 1.97. The molecule has 0 radical (unpaired) electrons. The van der Waals surface area contributed by atoms with Crippen LogP contribution in [0.4, 0.5) is 0 Å². The van der Waals surface area contributed by atoms with Crippen molar-refractivity contribution in [3.8, 4) is 0 Å². The monoisotopic (exact) mass is 229 g/mol. The van der Waals surface area contributed by atoms with E-state index in [1.165, 1.54) is 0 Å². The maximum Gasteiger partial charge on any atom is 0.287 e. The molecule has 1 aromatic heterocycles. The molecule has 4 nitrogen and oxygen atoms in total. The minimum atomic E-state index is -0.288. The Kier molecular flexibility index (Phi) is 4.71. The van der Waals surface area contributed by atoms with E-state index in [1.54, 1.807) is 30.8 Å². The zero-order chi connectivity index (χ0) is 11.3. The molecule has 0 saturated carbocycles. The van der Waals surface area contributed by atoms with E-state index < -0.39 is 0 Å². The van der Waals surface area contributed by atoms with E-state index in [-0.39, 0.29) is 18.6 Å². The highest BCUT2D eigenvalue weighted by Crippen LogP contribution is 2.13. The maximum atomic E-state index is 11.5. The van der Waals surface area contributed by atoms with Crippen LogP contribution in [0, 0.1) is 0 Å². The van der Waals surface area contributed by atoms with Gasteiger partial charge in [-0.25, -0.2) is 0 Å². The second-order valence-electron chi connectivity index (χ2n) is 3.26. The topological polar surface area (TPSA) is 62.5 Å². The molecule has 1 aromatic rings. The summed E-state index contributed by atoms with van der Waals surface area (Å²) in [6.45, 7) is 1.65. The second kappa shape index (κ2) is 5.82. The number of hydrogen-bond acceptors (Lipinski definition) is 4. The van der Waals surface area contributed by atoms with Crippen molar-refractivity contribution in [1.29, 1.82) is 0 Å². The normalized spacial score (nSPS) is 12.5. The molecule has 0 aliphatic rings. The first-order valence-electron chi connectivity index (χ1n) is 4.66. The van der Waals surface area contributed by atoms with Gasteiger partial charge in [-0.2, -0.15) is 11.8 Å². The van der Waals surface area contributed by atoms with Gasteiger partial charge in [-0.15, -0.1) is 0 Å². The summed E-state index contributed by atoms with van der Waals surface area (Å²) in [5.41, 5.74) is 0. The molecule has 1 rings (SSSR count). The first kappa shape index (κ1) is 12.1. The van der Waals surface area contributed by atoms with Gasteiger partial charge in [-0.1, -0.05) is 0 Å². The standard InChI is InChI=1S/C10H15NO3S/c1-7(5-12)11-10(13)9-4-3-8(14-9)6-15-2/h3-4,7,12H,5-6H2,1-2H3,(H,11,13)/t7-/m1/s1. The largest absolute Gasteiger partial charge is 0.455 e. The number of hydrogen-bond donors (Lipinski definition) is 2. The van der Waals surface area contributed by atoms with Crippen LogP contribution in [0.1, 0.15) is 23.2 Å². The smallest absolute Gasteiger partial charge is 0.287 e. The number of furan rings is 1. The fourth-order valence-corrected chi connectivity index (χ4v) is 1.50.